The normalized spacial score (nSPS) is 11.4. The van der Waals surface area contributed by atoms with E-state index in [1.54, 1.807) is 60.7 Å². The first-order chi connectivity index (χ1) is 14.0. The minimum Gasteiger partial charge on any atom is -0.218 e. The second kappa shape index (κ2) is 7.60. The summed E-state index contributed by atoms with van der Waals surface area (Å²) in [5.41, 5.74) is 0.802. The minimum atomic E-state index is -4.22. The van der Waals surface area contributed by atoms with Gasteiger partial charge in [0.05, 0.1) is 9.79 Å². The van der Waals surface area contributed by atoms with E-state index in [0.29, 0.717) is 11.1 Å². The standard InChI is InChI=1S/C24H16F2O2S/c25-19-13-7-15-21(23(19)17-9-3-1-4-10-17)29(27,28)22-16-8-14-20(26)24(22)18-11-5-2-6-12-18/h1-16H. The molecule has 144 valence electrons. The highest BCUT2D eigenvalue weighted by atomic mass is 32.2. The zero-order chi connectivity index (χ0) is 20.4. The number of hydrogen-bond acceptors (Lipinski definition) is 2. The summed E-state index contributed by atoms with van der Waals surface area (Å²) in [5, 5.41) is 0. The van der Waals surface area contributed by atoms with Crippen molar-refractivity contribution in [2.75, 3.05) is 0 Å². The molecule has 0 saturated carbocycles. The van der Waals surface area contributed by atoms with Gasteiger partial charge in [-0.1, -0.05) is 72.8 Å². The molecule has 0 aliphatic rings. The Labute approximate surface area is 168 Å². The third-order valence-corrected chi connectivity index (χ3v) is 6.49. The molecule has 0 atom stereocenters. The van der Waals surface area contributed by atoms with E-state index < -0.39 is 21.5 Å². The van der Waals surface area contributed by atoms with Crippen molar-refractivity contribution in [3.63, 3.8) is 0 Å². The van der Waals surface area contributed by atoms with Crippen LogP contribution in [0.3, 0.4) is 0 Å². The number of rotatable bonds is 4. The van der Waals surface area contributed by atoms with Gasteiger partial charge >= 0.3 is 0 Å². The fraction of sp³-hybridized carbons (Fsp3) is 0. The summed E-state index contributed by atoms with van der Waals surface area (Å²) in [6.45, 7) is 0. The maximum absolute atomic E-state index is 14.7. The third-order valence-electron chi connectivity index (χ3n) is 4.65. The van der Waals surface area contributed by atoms with E-state index in [1.807, 2.05) is 0 Å². The van der Waals surface area contributed by atoms with Gasteiger partial charge in [0.2, 0.25) is 9.84 Å². The molecule has 0 fully saturated rings. The Hall–Kier alpha value is -3.31. The lowest BCUT2D eigenvalue weighted by Crippen LogP contribution is -2.08. The summed E-state index contributed by atoms with van der Waals surface area (Å²) in [5.74, 6) is -1.31. The quantitative estimate of drug-likeness (QED) is 0.408. The fourth-order valence-corrected chi connectivity index (χ4v) is 5.07. The molecule has 0 aliphatic carbocycles. The van der Waals surface area contributed by atoms with Crippen LogP contribution in [0.15, 0.2) is 107 Å². The first kappa shape index (κ1) is 19.0. The summed E-state index contributed by atoms with van der Waals surface area (Å²) in [6, 6.07) is 24.7. The predicted molar refractivity (Wildman–Crippen MR) is 109 cm³/mol. The minimum absolute atomic E-state index is 0.0311. The average molecular weight is 406 g/mol. The van der Waals surface area contributed by atoms with Crippen molar-refractivity contribution in [1.29, 1.82) is 0 Å². The van der Waals surface area contributed by atoms with Crippen LogP contribution >= 0.6 is 0 Å². The molecule has 5 heteroatoms. The van der Waals surface area contributed by atoms with Crippen LogP contribution in [-0.4, -0.2) is 8.42 Å². The molecule has 4 rings (SSSR count). The SMILES string of the molecule is O=S(=O)(c1cccc(F)c1-c1ccccc1)c1cccc(F)c1-c1ccccc1. The highest BCUT2D eigenvalue weighted by Gasteiger charge is 2.28. The Morgan fingerprint density at radius 3 is 1.24 bits per heavy atom. The summed E-state index contributed by atoms with van der Waals surface area (Å²) in [6.07, 6.45) is 0. The molecule has 0 amide bonds. The smallest absolute Gasteiger partial charge is 0.208 e. The summed E-state index contributed by atoms with van der Waals surface area (Å²) >= 11 is 0. The molecular weight excluding hydrogens is 390 g/mol. The predicted octanol–water partition coefficient (Wildman–Crippen LogP) is 6.13. The number of sulfone groups is 1. The van der Waals surface area contributed by atoms with Gasteiger partial charge in [-0.15, -0.1) is 0 Å². The topological polar surface area (TPSA) is 34.1 Å². The van der Waals surface area contributed by atoms with Gasteiger partial charge in [0.1, 0.15) is 11.6 Å². The second-order valence-corrected chi connectivity index (χ2v) is 8.35. The summed E-state index contributed by atoms with van der Waals surface area (Å²) < 4.78 is 56.7. The van der Waals surface area contributed by atoms with Gasteiger partial charge in [0.15, 0.2) is 0 Å². The lowest BCUT2D eigenvalue weighted by Gasteiger charge is -2.15. The van der Waals surface area contributed by atoms with Crippen molar-refractivity contribution in [2.45, 2.75) is 9.79 Å². The van der Waals surface area contributed by atoms with Crippen LogP contribution in [0.5, 0.6) is 0 Å². The molecule has 0 aliphatic heterocycles. The molecule has 29 heavy (non-hydrogen) atoms. The van der Waals surface area contributed by atoms with Crippen molar-refractivity contribution in [3.05, 3.63) is 109 Å². The molecule has 4 aromatic rings. The van der Waals surface area contributed by atoms with E-state index in [-0.39, 0.29) is 20.9 Å². The maximum atomic E-state index is 14.7. The van der Waals surface area contributed by atoms with E-state index in [2.05, 4.69) is 0 Å². The van der Waals surface area contributed by atoms with Crippen LogP contribution < -0.4 is 0 Å². The number of hydrogen-bond donors (Lipinski definition) is 0. The van der Waals surface area contributed by atoms with Gasteiger partial charge in [-0.3, -0.25) is 0 Å². The van der Waals surface area contributed by atoms with Gasteiger partial charge in [-0.2, -0.15) is 0 Å². The van der Waals surface area contributed by atoms with Crippen molar-refractivity contribution in [1.82, 2.24) is 0 Å². The van der Waals surface area contributed by atoms with Crippen molar-refractivity contribution in [3.8, 4) is 22.3 Å². The lowest BCUT2D eigenvalue weighted by atomic mass is 10.1. The molecule has 0 spiro atoms. The Balaban J connectivity index is 2.01. The highest BCUT2D eigenvalue weighted by molar-refractivity contribution is 7.91. The Kier molecular flexibility index (Phi) is 4.99. The molecule has 2 nitrogen and oxygen atoms in total. The van der Waals surface area contributed by atoms with Gasteiger partial charge in [0, 0.05) is 11.1 Å². The average Bonchev–Trinajstić information content (AvgIpc) is 2.74. The van der Waals surface area contributed by atoms with E-state index in [1.165, 1.54) is 36.4 Å². The van der Waals surface area contributed by atoms with Crippen LogP contribution in [0.4, 0.5) is 8.78 Å². The Morgan fingerprint density at radius 2 is 0.862 bits per heavy atom. The molecule has 0 radical (unpaired) electrons. The van der Waals surface area contributed by atoms with Crippen molar-refractivity contribution in [2.24, 2.45) is 0 Å². The molecule has 0 heterocycles. The number of halogens is 2. The largest absolute Gasteiger partial charge is 0.218 e. The molecule has 4 aromatic carbocycles. The molecule has 0 N–H and O–H groups in total. The number of benzene rings is 4. The van der Waals surface area contributed by atoms with E-state index in [4.69, 9.17) is 0 Å². The molecular formula is C24H16F2O2S. The molecule has 0 saturated heterocycles. The van der Waals surface area contributed by atoms with Crippen LogP contribution in [0, 0.1) is 11.6 Å². The fourth-order valence-electron chi connectivity index (χ4n) is 3.34. The Morgan fingerprint density at radius 1 is 0.483 bits per heavy atom. The van der Waals surface area contributed by atoms with Crippen molar-refractivity contribution < 1.29 is 17.2 Å². The van der Waals surface area contributed by atoms with Crippen molar-refractivity contribution >= 4 is 9.84 Å². The zero-order valence-corrected chi connectivity index (χ0v) is 16.0. The summed E-state index contributed by atoms with van der Waals surface area (Å²) in [7, 11) is -4.22. The van der Waals surface area contributed by atoms with Gasteiger partial charge in [0.25, 0.3) is 0 Å². The van der Waals surface area contributed by atoms with E-state index in [9.17, 15) is 17.2 Å². The van der Waals surface area contributed by atoms with Crippen LogP contribution in [-0.2, 0) is 9.84 Å². The van der Waals surface area contributed by atoms with Gasteiger partial charge < -0.3 is 0 Å². The zero-order valence-electron chi connectivity index (χ0n) is 15.2. The Bertz CT molecular complexity index is 1170. The monoisotopic (exact) mass is 406 g/mol. The first-order valence-electron chi connectivity index (χ1n) is 8.93. The third kappa shape index (κ3) is 3.45. The highest BCUT2D eigenvalue weighted by Crippen LogP contribution is 2.38. The van der Waals surface area contributed by atoms with Gasteiger partial charge in [-0.25, -0.2) is 17.2 Å². The van der Waals surface area contributed by atoms with Crippen LogP contribution in [0.1, 0.15) is 0 Å². The van der Waals surface area contributed by atoms with E-state index in [0.717, 1.165) is 0 Å². The van der Waals surface area contributed by atoms with Crippen LogP contribution in [0.2, 0.25) is 0 Å². The maximum Gasteiger partial charge on any atom is 0.208 e. The molecule has 0 unspecified atom stereocenters. The summed E-state index contributed by atoms with van der Waals surface area (Å²) in [4.78, 5) is -0.405. The second-order valence-electron chi connectivity index (χ2n) is 6.46. The van der Waals surface area contributed by atoms with Crippen LogP contribution in [0.25, 0.3) is 22.3 Å². The van der Waals surface area contributed by atoms with E-state index >= 15 is 0 Å². The molecule has 0 aromatic heterocycles. The molecule has 0 bridgehead atoms. The lowest BCUT2D eigenvalue weighted by molar-refractivity contribution is 0.589. The first-order valence-corrected chi connectivity index (χ1v) is 10.4. The van der Waals surface area contributed by atoms with Gasteiger partial charge in [-0.05, 0) is 35.4 Å².